The van der Waals surface area contributed by atoms with Crippen molar-refractivity contribution in [2.24, 2.45) is 0 Å². The third-order valence-electron chi connectivity index (χ3n) is 3.04. The first-order chi connectivity index (χ1) is 7.43. The minimum absolute atomic E-state index is 0.175. The Kier molecular flexibility index (Phi) is 4.39. The van der Waals surface area contributed by atoms with Crippen LogP contribution in [0.25, 0.3) is 0 Å². The van der Waals surface area contributed by atoms with E-state index in [0.29, 0.717) is 0 Å². The van der Waals surface area contributed by atoms with Crippen molar-refractivity contribution < 1.29 is 4.79 Å². The van der Waals surface area contributed by atoms with Crippen LogP contribution in [0.3, 0.4) is 0 Å². The van der Waals surface area contributed by atoms with Gasteiger partial charge in [0.2, 0.25) is 0 Å². The normalized spacial score (nSPS) is 16.7. The number of hydrogen-bond donors (Lipinski definition) is 0. The van der Waals surface area contributed by atoms with E-state index < -0.39 is 0 Å². The molecular formula is C13H24N2O. The number of amides is 2. The monoisotopic (exact) mass is 224 g/mol. The second-order valence-electron chi connectivity index (χ2n) is 5.12. The zero-order chi connectivity index (χ0) is 12.3. The van der Waals surface area contributed by atoms with Crippen molar-refractivity contribution in [3.63, 3.8) is 0 Å². The van der Waals surface area contributed by atoms with Crippen molar-refractivity contribution in [1.82, 2.24) is 9.80 Å². The van der Waals surface area contributed by atoms with E-state index in [1.807, 2.05) is 9.80 Å². The molecule has 0 atom stereocenters. The number of carbonyl (C=O) groups is 1. The van der Waals surface area contributed by atoms with Crippen LogP contribution in [-0.2, 0) is 0 Å². The minimum Gasteiger partial charge on any atom is -0.321 e. The smallest absolute Gasteiger partial charge is 0.320 e. The zero-order valence-electron chi connectivity index (χ0n) is 11.2. The van der Waals surface area contributed by atoms with Crippen LogP contribution in [0.2, 0.25) is 0 Å². The number of rotatable bonds is 2. The second-order valence-corrected chi connectivity index (χ2v) is 5.12. The molecule has 0 aromatic heterocycles. The highest BCUT2D eigenvalue weighted by Gasteiger charge is 2.25. The fourth-order valence-corrected chi connectivity index (χ4v) is 2.15. The molecule has 0 saturated carbocycles. The van der Waals surface area contributed by atoms with E-state index >= 15 is 0 Å². The number of hydrogen-bond acceptors (Lipinski definition) is 1. The molecule has 16 heavy (non-hydrogen) atoms. The van der Waals surface area contributed by atoms with Gasteiger partial charge in [0.15, 0.2) is 0 Å². The molecule has 0 aliphatic carbocycles. The molecular weight excluding hydrogens is 200 g/mol. The molecule has 0 radical (unpaired) electrons. The Bertz CT molecular complexity index is 274. The average Bonchev–Trinajstić information content (AvgIpc) is 2.17. The third-order valence-corrected chi connectivity index (χ3v) is 3.04. The van der Waals surface area contributed by atoms with Crippen LogP contribution in [0, 0.1) is 0 Å². The van der Waals surface area contributed by atoms with Crippen LogP contribution in [0.4, 0.5) is 4.79 Å². The van der Waals surface area contributed by atoms with E-state index in [1.165, 1.54) is 5.57 Å². The van der Waals surface area contributed by atoms with E-state index in [2.05, 4.69) is 40.7 Å². The summed E-state index contributed by atoms with van der Waals surface area (Å²) < 4.78 is 0. The summed E-state index contributed by atoms with van der Waals surface area (Å²) in [5.74, 6) is 0. The van der Waals surface area contributed by atoms with Gasteiger partial charge < -0.3 is 9.80 Å². The minimum atomic E-state index is 0.175. The largest absolute Gasteiger partial charge is 0.321 e. The summed E-state index contributed by atoms with van der Waals surface area (Å²) in [5.41, 5.74) is 1.39. The van der Waals surface area contributed by atoms with Crippen LogP contribution < -0.4 is 0 Å². The quantitative estimate of drug-likeness (QED) is 0.662. The first-order valence-electron chi connectivity index (χ1n) is 6.16. The third kappa shape index (κ3) is 3.00. The van der Waals surface area contributed by atoms with Gasteiger partial charge in [-0.15, -0.1) is 0 Å². The van der Waals surface area contributed by atoms with Crippen molar-refractivity contribution in [3.8, 4) is 0 Å². The first-order valence-corrected chi connectivity index (χ1v) is 6.16. The summed E-state index contributed by atoms with van der Waals surface area (Å²) in [5, 5.41) is 0. The molecule has 0 spiro atoms. The molecule has 1 rings (SSSR count). The fourth-order valence-electron chi connectivity index (χ4n) is 2.15. The van der Waals surface area contributed by atoms with Gasteiger partial charge in [-0.05, 0) is 41.0 Å². The topological polar surface area (TPSA) is 23.6 Å². The molecule has 0 saturated heterocycles. The Morgan fingerprint density at radius 2 is 1.88 bits per heavy atom. The summed E-state index contributed by atoms with van der Waals surface area (Å²) in [6.45, 7) is 12.0. The Morgan fingerprint density at radius 3 is 2.25 bits per heavy atom. The SMILES string of the molecule is CC1=CCN(C(=O)N(C(C)C)C(C)C)CC1. The second kappa shape index (κ2) is 5.37. The number of carbonyl (C=O) groups excluding carboxylic acids is 1. The van der Waals surface area contributed by atoms with E-state index in [1.54, 1.807) is 0 Å². The van der Waals surface area contributed by atoms with E-state index in [0.717, 1.165) is 19.5 Å². The molecule has 0 fully saturated rings. The molecule has 0 aromatic carbocycles. The van der Waals surface area contributed by atoms with Crippen LogP contribution in [0.5, 0.6) is 0 Å². The van der Waals surface area contributed by atoms with Crippen molar-refractivity contribution in [3.05, 3.63) is 11.6 Å². The molecule has 3 nitrogen and oxygen atoms in total. The van der Waals surface area contributed by atoms with Gasteiger partial charge in [-0.1, -0.05) is 11.6 Å². The van der Waals surface area contributed by atoms with Gasteiger partial charge in [0.1, 0.15) is 0 Å². The molecule has 2 amide bonds. The van der Waals surface area contributed by atoms with Crippen LogP contribution in [0.15, 0.2) is 11.6 Å². The number of urea groups is 1. The summed E-state index contributed by atoms with van der Waals surface area (Å²) in [4.78, 5) is 16.2. The van der Waals surface area contributed by atoms with Gasteiger partial charge in [-0.2, -0.15) is 0 Å². The molecule has 1 aliphatic rings. The highest BCUT2D eigenvalue weighted by molar-refractivity contribution is 5.75. The molecule has 1 heterocycles. The van der Waals surface area contributed by atoms with E-state index in [9.17, 15) is 4.79 Å². The lowest BCUT2D eigenvalue weighted by molar-refractivity contribution is 0.127. The van der Waals surface area contributed by atoms with Crippen molar-refractivity contribution in [2.75, 3.05) is 13.1 Å². The van der Waals surface area contributed by atoms with Crippen LogP contribution in [0.1, 0.15) is 41.0 Å². The predicted molar refractivity (Wildman–Crippen MR) is 67.5 cm³/mol. The van der Waals surface area contributed by atoms with Gasteiger partial charge in [0, 0.05) is 25.2 Å². The van der Waals surface area contributed by atoms with Crippen LogP contribution >= 0.6 is 0 Å². The summed E-state index contributed by atoms with van der Waals surface area (Å²) in [6.07, 6.45) is 3.16. The van der Waals surface area contributed by atoms with E-state index in [4.69, 9.17) is 0 Å². The Hall–Kier alpha value is -0.990. The standard InChI is InChI=1S/C13H24N2O/c1-10(2)15(11(3)4)13(16)14-8-6-12(5)7-9-14/h6,10-11H,7-9H2,1-5H3. The van der Waals surface area contributed by atoms with Gasteiger partial charge in [-0.25, -0.2) is 4.79 Å². The van der Waals surface area contributed by atoms with Crippen molar-refractivity contribution in [2.45, 2.75) is 53.1 Å². The fraction of sp³-hybridized carbons (Fsp3) is 0.769. The highest BCUT2D eigenvalue weighted by atomic mass is 16.2. The molecule has 3 heteroatoms. The Labute approximate surface area is 99.1 Å². The van der Waals surface area contributed by atoms with Crippen molar-refractivity contribution in [1.29, 1.82) is 0 Å². The molecule has 0 aromatic rings. The Balaban J connectivity index is 2.69. The van der Waals surface area contributed by atoms with Gasteiger partial charge in [0.25, 0.3) is 0 Å². The van der Waals surface area contributed by atoms with Gasteiger partial charge in [-0.3, -0.25) is 0 Å². The molecule has 0 unspecified atom stereocenters. The molecule has 92 valence electrons. The number of nitrogens with zero attached hydrogens (tertiary/aromatic N) is 2. The highest BCUT2D eigenvalue weighted by Crippen LogP contribution is 2.15. The predicted octanol–water partition coefficient (Wildman–Crippen LogP) is 2.88. The molecule has 0 N–H and O–H groups in total. The lowest BCUT2D eigenvalue weighted by Crippen LogP contribution is -2.50. The van der Waals surface area contributed by atoms with E-state index in [-0.39, 0.29) is 18.1 Å². The molecule has 1 aliphatic heterocycles. The maximum atomic E-state index is 12.3. The first kappa shape index (κ1) is 13.1. The Morgan fingerprint density at radius 1 is 1.31 bits per heavy atom. The lowest BCUT2D eigenvalue weighted by Gasteiger charge is -2.37. The van der Waals surface area contributed by atoms with Gasteiger partial charge >= 0.3 is 6.03 Å². The maximum absolute atomic E-state index is 12.3. The maximum Gasteiger partial charge on any atom is 0.320 e. The summed E-state index contributed by atoms with van der Waals surface area (Å²) >= 11 is 0. The van der Waals surface area contributed by atoms with Gasteiger partial charge in [0.05, 0.1) is 0 Å². The summed E-state index contributed by atoms with van der Waals surface area (Å²) in [6, 6.07) is 0.702. The zero-order valence-corrected chi connectivity index (χ0v) is 11.2. The molecule has 0 bridgehead atoms. The van der Waals surface area contributed by atoms with Crippen molar-refractivity contribution >= 4 is 6.03 Å². The average molecular weight is 224 g/mol. The lowest BCUT2D eigenvalue weighted by atomic mass is 10.1. The summed E-state index contributed by atoms with van der Waals surface area (Å²) in [7, 11) is 0. The van der Waals surface area contributed by atoms with Crippen LogP contribution in [-0.4, -0.2) is 41.0 Å².